The van der Waals surface area contributed by atoms with Gasteiger partial charge in [-0.1, -0.05) is 18.2 Å². The molecule has 1 aromatic carbocycles. The number of anilines is 1. The van der Waals surface area contributed by atoms with E-state index in [1.54, 1.807) is 37.0 Å². The summed E-state index contributed by atoms with van der Waals surface area (Å²) in [5, 5.41) is 18.8. The van der Waals surface area contributed by atoms with Crippen LogP contribution in [-0.4, -0.2) is 56.4 Å². The quantitative estimate of drug-likeness (QED) is 0.694. The van der Waals surface area contributed by atoms with Gasteiger partial charge in [0.05, 0.1) is 29.9 Å². The lowest BCUT2D eigenvalue weighted by molar-refractivity contribution is 0.133. The normalized spacial score (nSPS) is 16.3. The summed E-state index contributed by atoms with van der Waals surface area (Å²) in [5.41, 5.74) is 3.18. The van der Waals surface area contributed by atoms with E-state index in [0.717, 1.165) is 30.6 Å². The van der Waals surface area contributed by atoms with Crippen molar-refractivity contribution < 1.29 is 9.90 Å². The minimum absolute atomic E-state index is 0.127. The van der Waals surface area contributed by atoms with Crippen LogP contribution >= 0.6 is 0 Å². The number of carbonyl (C=O) groups is 1. The van der Waals surface area contributed by atoms with Crippen LogP contribution in [-0.2, 0) is 13.6 Å². The van der Waals surface area contributed by atoms with Gasteiger partial charge in [0, 0.05) is 33.4 Å². The van der Waals surface area contributed by atoms with E-state index in [2.05, 4.69) is 16.0 Å². The van der Waals surface area contributed by atoms with Gasteiger partial charge in [0.25, 0.3) is 0 Å². The molecule has 0 radical (unpaired) electrons. The summed E-state index contributed by atoms with van der Waals surface area (Å²) in [4.78, 5) is 32.4. The molecule has 3 heterocycles. The molecular formula is C22H24N6O3. The zero-order valence-electron chi connectivity index (χ0n) is 17.5. The number of rotatable bonds is 4. The van der Waals surface area contributed by atoms with Crippen LogP contribution < -0.4 is 10.6 Å². The van der Waals surface area contributed by atoms with Crippen LogP contribution in [0.2, 0.25) is 0 Å². The smallest absolute Gasteiger partial charge is 0.407 e. The zero-order chi connectivity index (χ0) is 22.1. The molecule has 1 aliphatic heterocycles. The molecule has 31 heavy (non-hydrogen) atoms. The highest BCUT2D eigenvalue weighted by Crippen LogP contribution is 2.29. The Morgan fingerprint density at radius 1 is 1.35 bits per heavy atom. The Morgan fingerprint density at radius 2 is 2.13 bits per heavy atom. The predicted molar refractivity (Wildman–Crippen MR) is 116 cm³/mol. The molecule has 1 saturated heterocycles. The molecule has 4 rings (SSSR count). The number of hydrogen-bond donors (Lipinski definition) is 1. The maximum Gasteiger partial charge on any atom is 0.407 e. The molecule has 1 amide bonds. The Kier molecular flexibility index (Phi) is 5.38. The first kappa shape index (κ1) is 20.5. The van der Waals surface area contributed by atoms with Gasteiger partial charge >= 0.3 is 11.8 Å². The molecule has 1 fully saturated rings. The van der Waals surface area contributed by atoms with E-state index in [4.69, 9.17) is 0 Å². The van der Waals surface area contributed by atoms with Gasteiger partial charge in [-0.05, 0) is 30.5 Å². The van der Waals surface area contributed by atoms with Crippen molar-refractivity contribution in [2.24, 2.45) is 7.05 Å². The van der Waals surface area contributed by atoms with Gasteiger partial charge in [-0.25, -0.2) is 14.6 Å². The summed E-state index contributed by atoms with van der Waals surface area (Å²) in [6, 6.07) is 11.2. The molecule has 160 valence electrons. The summed E-state index contributed by atoms with van der Waals surface area (Å²) >= 11 is 0. The third-order valence-electron chi connectivity index (χ3n) is 6.04. The van der Waals surface area contributed by atoms with Crippen LogP contribution in [0.15, 0.2) is 41.3 Å². The molecule has 0 unspecified atom stereocenters. The molecule has 1 N–H and O–H groups in total. The number of amides is 1. The maximum absolute atomic E-state index is 13.1. The van der Waals surface area contributed by atoms with Gasteiger partial charge in [-0.2, -0.15) is 5.26 Å². The third kappa shape index (κ3) is 3.61. The number of fused-ring (bicyclic) bond motifs is 1. The van der Waals surface area contributed by atoms with E-state index >= 15 is 0 Å². The zero-order valence-corrected chi connectivity index (χ0v) is 17.5. The summed E-state index contributed by atoms with van der Waals surface area (Å²) in [5.74, 6) is 0. The van der Waals surface area contributed by atoms with E-state index in [1.165, 1.54) is 9.47 Å². The second-order valence-corrected chi connectivity index (χ2v) is 7.83. The first-order valence-corrected chi connectivity index (χ1v) is 10.1. The Hall–Kier alpha value is -3.80. The number of likely N-dealkylation sites (N-methyl/N-ethyl adjacent to an activating group) is 1. The molecule has 2 aromatic heterocycles. The lowest BCUT2D eigenvalue weighted by Gasteiger charge is -2.38. The lowest BCUT2D eigenvalue weighted by Crippen LogP contribution is -2.48. The average molecular weight is 420 g/mol. The van der Waals surface area contributed by atoms with E-state index in [1.807, 2.05) is 18.2 Å². The number of aryl methyl sites for hydroxylation is 1. The van der Waals surface area contributed by atoms with E-state index in [0.29, 0.717) is 23.3 Å². The van der Waals surface area contributed by atoms with Gasteiger partial charge in [-0.3, -0.25) is 9.13 Å². The molecule has 3 aromatic rings. The van der Waals surface area contributed by atoms with Crippen molar-refractivity contribution in [2.45, 2.75) is 25.4 Å². The molecule has 1 atom stereocenters. The van der Waals surface area contributed by atoms with Crippen molar-refractivity contribution in [1.82, 2.24) is 19.0 Å². The second kappa shape index (κ2) is 8.14. The summed E-state index contributed by atoms with van der Waals surface area (Å²) in [7, 11) is 3.28. The van der Waals surface area contributed by atoms with Crippen molar-refractivity contribution in [3.63, 3.8) is 0 Å². The molecule has 9 heteroatoms. The fourth-order valence-corrected chi connectivity index (χ4v) is 4.29. The number of carboxylic acid groups (broad SMARTS) is 1. The standard InChI is InChI=1S/C22H24N6O3/c1-25(22(30)31)17-8-5-11-27(14-17)18-9-10-24-20-19(18)28(21(29)26(20)2)13-16-7-4-3-6-15(16)12-23/h3-4,6-7,9-10,17H,5,8,11,13-14H2,1-2H3,(H,30,31)/t17-/m1/s1. The number of nitrogens with zero attached hydrogens (tertiary/aromatic N) is 6. The van der Waals surface area contributed by atoms with Gasteiger partial charge in [-0.15, -0.1) is 0 Å². The molecule has 0 saturated carbocycles. The molecule has 9 nitrogen and oxygen atoms in total. The Morgan fingerprint density at radius 3 is 2.87 bits per heavy atom. The van der Waals surface area contributed by atoms with E-state index in [-0.39, 0.29) is 18.3 Å². The van der Waals surface area contributed by atoms with Crippen molar-refractivity contribution in [3.05, 3.63) is 58.1 Å². The maximum atomic E-state index is 13.1. The molecule has 0 bridgehead atoms. The number of aromatic nitrogens is 3. The number of nitriles is 1. The monoisotopic (exact) mass is 420 g/mol. The van der Waals surface area contributed by atoms with Crippen LogP contribution in [0.25, 0.3) is 11.2 Å². The van der Waals surface area contributed by atoms with Crippen LogP contribution in [0.4, 0.5) is 10.5 Å². The number of hydrogen-bond acceptors (Lipinski definition) is 5. The third-order valence-corrected chi connectivity index (χ3v) is 6.04. The second-order valence-electron chi connectivity index (χ2n) is 7.83. The Labute approximate surface area is 179 Å². The van der Waals surface area contributed by atoms with Crippen LogP contribution in [0.5, 0.6) is 0 Å². The van der Waals surface area contributed by atoms with Gasteiger partial charge in [0.2, 0.25) is 0 Å². The SMILES string of the molecule is CN(C(=O)O)[C@@H]1CCCN(c2ccnc3c2n(Cc2ccccc2C#N)c(=O)n3C)C1. The van der Waals surface area contributed by atoms with Crippen molar-refractivity contribution in [1.29, 1.82) is 5.26 Å². The summed E-state index contributed by atoms with van der Waals surface area (Å²) in [6.45, 7) is 1.56. The van der Waals surface area contributed by atoms with Crippen molar-refractivity contribution in [2.75, 3.05) is 25.0 Å². The number of pyridine rings is 1. The van der Waals surface area contributed by atoms with Crippen molar-refractivity contribution in [3.8, 4) is 6.07 Å². The molecular weight excluding hydrogens is 396 g/mol. The highest BCUT2D eigenvalue weighted by molar-refractivity contribution is 5.87. The summed E-state index contributed by atoms with van der Waals surface area (Å²) < 4.78 is 3.16. The number of imidazole rings is 1. The molecule has 0 spiro atoms. The van der Waals surface area contributed by atoms with Crippen LogP contribution in [0.3, 0.4) is 0 Å². The lowest BCUT2D eigenvalue weighted by atomic mass is 10.0. The van der Waals surface area contributed by atoms with Crippen LogP contribution in [0.1, 0.15) is 24.0 Å². The average Bonchev–Trinajstić information content (AvgIpc) is 3.04. The van der Waals surface area contributed by atoms with E-state index < -0.39 is 6.09 Å². The minimum Gasteiger partial charge on any atom is -0.465 e. The first-order chi connectivity index (χ1) is 14.9. The topological polar surface area (TPSA) is 107 Å². The minimum atomic E-state index is -0.948. The highest BCUT2D eigenvalue weighted by atomic mass is 16.4. The van der Waals surface area contributed by atoms with Crippen molar-refractivity contribution >= 4 is 22.9 Å². The van der Waals surface area contributed by atoms with Gasteiger partial charge in [0.15, 0.2) is 5.65 Å². The Balaban J connectivity index is 1.81. The first-order valence-electron chi connectivity index (χ1n) is 10.1. The van der Waals surface area contributed by atoms with Crippen LogP contribution in [0, 0.1) is 11.3 Å². The Bertz CT molecular complexity index is 1240. The predicted octanol–water partition coefficient (Wildman–Crippen LogP) is 2.23. The van der Waals surface area contributed by atoms with Gasteiger partial charge < -0.3 is 14.9 Å². The largest absolute Gasteiger partial charge is 0.465 e. The molecule has 0 aliphatic carbocycles. The fourth-order valence-electron chi connectivity index (χ4n) is 4.29. The number of benzene rings is 1. The number of piperidine rings is 1. The summed E-state index contributed by atoms with van der Waals surface area (Å²) in [6.07, 6.45) is 2.37. The highest BCUT2D eigenvalue weighted by Gasteiger charge is 2.28. The fraction of sp³-hybridized carbons (Fsp3) is 0.364. The molecule has 1 aliphatic rings. The van der Waals surface area contributed by atoms with E-state index in [9.17, 15) is 20.0 Å². The van der Waals surface area contributed by atoms with Gasteiger partial charge in [0.1, 0.15) is 5.52 Å².